The summed E-state index contributed by atoms with van der Waals surface area (Å²) < 4.78 is 10.5. The Balaban J connectivity index is 3.22. The fraction of sp³-hybridized carbons (Fsp3) is 0.364. The molecule has 0 fully saturated rings. The number of carbonyl (C=O) groups is 1. The lowest BCUT2D eigenvalue weighted by atomic mass is 10.2. The second-order valence-corrected chi connectivity index (χ2v) is 2.82. The maximum atomic E-state index is 10.8. The molecule has 0 aliphatic rings. The van der Waals surface area contributed by atoms with Gasteiger partial charge in [0.05, 0.1) is 18.8 Å². The smallest absolute Gasteiger partial charge is 0.204 e. The van der Waals surface area contributed by atoms with E-state index in [2.05, 4.69) is 0 Å². The fourth-order valence-corrected chi connectivity index (χ4v) is 1.24. The standard InChI is InChI=1S/C11H14O4/c1-3-14-10-8(7-12)5-6-9(13)11(10)15-4-2/h5-7,13H,3-4H2,1-2H3. The van der Waals surface area contributed by atoms with Crippen LogP contribution >= 0.6 is 0 Å². The molecule has 0 heterocycles. The van der Waals surface area contributed by atoms with Gasteiger partial charge < -0.3 is 14.6 Å². The number of benzene rings is 1. The minimum absolute atomic E-state index is 0.0223. The summed E-state index contributed by atoms with van der Waals surface area (Å²) in [4.78, 5) is 10.8. The minimum Gasteiger partial charge on any atom is -0.504 e. The van der Waals surface area contributed by atoms with Gasteiger partial charge in [-0.3, -0.25) is 4.79 Å². The molecule has 4 heteroatoms. The van der Waals surface area contributed by atoms with Gasteiger partial charge in [0.1, 0.15) is 0 Å². The third kappa shape index (κ3) is 2.40. The van der Waals surface area contributed by atoms with Crippen LogP contribution in [0.5, 0.6) is 17.2 Å². The van der Waals surface area contributed by atoms with Crippen LogP contribution in [-0.2, 0) is 0 Å². The molecule has 0 amide bonds. The van der Waals surface area contributed by atoms with Crippen molar-refractivity contribution in [1.82, 2.24) is 0 Å². The Labute approximate surface area is 88.4 Å². The highest BCUT2D eigenvalue weighted by molar-refractivity contribution is 5.82. The van der Waals surface area contributed by atoms with Crippen LogP contribution in [0.25, 0.3) is 0 Å². The van der Waals surface area contributed by atoms with Gasteiger partial charge in [0.2, 0.25) is 5.75 Å². The van der Waals surface area contributed by atoms with Crippen molar-refractivity contribution >= 4 is 6.29 Å². The van der Waals surface area contributed by atoms with Crippen molar-refractivity contribution in [2.24, 2.45) is 0 Å². The van der Waals surface area contributed by atoms with Gasteiger partial charge >= 0.3 is 0 Å². The monoisotopic (exact) mass is 210 g/mol. The first-order valence-corrected chi connectivity index (χ1v) is 4.81. The molecule has 0 atom stereocenters. The van der Waals surface area contributed by atoms with Gasteiger partial charge in [0.15, 0.2) is 17.8 Å². The van der Waals surface area contributed by atoms with Crippen molar-refractivity contribution in [2.45, 2.75) is 13.8 Å². The Kier molecular flexibility index (Phi) is 3.97. The lowest BCUT2D eigenvalue weighted by Crippen LogP contribution is -2.01. The summed E-state index contributed by atoms with van der Waals surface area (Å²) >= 11 is 0. The van der Waals surface area contributed by atoms with E-state index >= 15 is 0 Å². The van der Waals surface area contributed by atoms with Gasteiger partial charge in [0, 0.05) is 0 Å². The zero-order valence-corrected chi connectivity index (χ0v) is 8.82. The highest BCUT2D eigenvalue weighted by atomic mass is 16.5. The van der Waals surface area contributed by atoms with Crippen LogP contribution < -0.4 is 9.47 Å². The number of aromatic hydroxyl groups is 1. The molecule has 0 aliphatic carbocycles. The molecule has 1 aromatic carbocycles. The number of hydrogen-bond acceptors (Lipinski definition) is 4. The Bertz CT molecular complexity index is 347. The van der Waals surface area contributed by atoms with Crippen molar-refractivity contribution in [3.05, 3.63) is 17.7 Å². The van der Waals surface area contributed by atoms with Crippen LogP contribution in [0.4, 0.5) is 0 Å². The van der Waals surface area contributed by atoms with Crippen LogP contribution in [0.15, 0.2) is 12.1 Å². The highest BCUT2D eigenvalue weighted by Gasteiger charge is 2.14. The molecule has 0 unspecified atom stereocenters. The molecule has 82 valence electrons. The van der Waals surface area contributed by atoms with Gasteiger partial charge in [0.25, 0.3) is 0 Å². The van der Waals surface area contributed by atoms with E-state index in [4.69, 9.17) is 9.47 Å². The number of rotatable bonds is 5. The van der Waals surface area contributed by atoms with E-state index in [1.807, 2.05) is 0 Å². The molecule has 0 radical (unpaired) electrons. The first-order chi connectivity index (χ1) is 7.24. The van der Waals surface area contributed by atoms with E-state index in [1.54, 1.807) is 13.8 Å². The Morgan fingerprint density at radius 3 is 2.33 bits per heavy atom. The zero-order valence-electron chi connectivity index (χ0n) is 8.82. The van der Waals surface area contributed by atoms with Crippen LogP contribution in [0, 0.1) is 0 Å². The van der Waals surface area contributed by atoms with Crippen LogP contribution in [0.2, 0.25) is 0 Å². The largest absolute Gasteiger partial charge is 0.504 e. The molecular formula is C11H14O4. The molecule has 0 saturated heterocycles. The topological polar surface area (TPSA) is 55.8 Å². The summed E-state index contributed by atoms with van der Waals surface area (Å²) in [6.45, 7) is 4.40. The van der Waals surface area contributed by atoms with Gasteiger partial charge in [-0.15, -0.1) is 0 Å². The molecular weight excluding hydrogens is 196 g/mol. The van der Waals surface area contributed by atoms with E-state index in [-0.39, 0.29) is 11.5 Å². The summed E-state index contributed by atoms with van der Waals surface area (Å²) in [6.07, 6.45) is 0.674. The van der Waals surface area contributed by atoms with E-state index in [0.717, 1.165) is 0 Å². The van der Waals surface area contributed by atoms with Crippen molar-refractivity contribution in [3.8, 4) is 17.2 Å². The predicted octanol–water partition coefficient (Wildman–Crippen LogP) is 2.00. The second kappa shape index (κ2) is 5.24. The number of ether oxygens (including phenoxy) is 2. The number of phenols is 1. The third-order valence-electron chi connectivity index (χ3n) is 1.83. The van der Waals surface area contributed by atoms with Crippen molar-refractivity contribution in [1.29, 1.82) is 0 Å². The average molecular weight is 210 g/mol. The summed E-state index contributed by atoms with van der Waals surface area (Å²) in [5.74, 6) is 0.504. The van der Waals surface area contributed by atoms with Crippen molar-refractivity contribution in [3.63, 3.8) is 0 Å². The molecule has 0 spiro atoms. The van der Waals surface area contributed by atoms with Crippen LogP contribution in [0.1, 0.15) is 24.2 Å². The molecule has 4 nitrogen and oxygen atoms in total. The Morgan fingerprint density at radius 2 is 1.80 bits per heavy atom. The van der Waals surface area contributed by atoms with Crippen molar-refractivity contribution in [2.75, 3.05) is 13.2 Å². The first-order valence-electron chi connectivity index (χ1n) is 4.81. The normalized spacial score (nSPS) is 9.73. The minimum atomic E-state index is -0.0223. The lowest BCUT2D eigenvalue weighted by Gasteiger charge is -2.13. The maximum Gasteiger partial charge on any atom is 0.204 e. The van der Waals surface area contributed by atoms with Gasteiger partial charge in [-0.1, -0.05) is 0 Å². The summed E-state index contributed by atoms with van der Waals surface area (Å²) in [5.41, 5.74) is 0.373. The molecule has 1 aromatic rings. The quantitative estimate of drug-likeness (QED) is 0.755. The Hall–Kier alpha value is -1.71. The van der Waals surface area contributed by atoms with Gasteiger partial charge in [-0.25, -0.2) is 0 Å². The predicted molar refractivity (Wildman–Crippen MR) is 55.8 cm³/mol. The van der Waals surface area contributed by atoms with E-state index < -0.39 is 0 Å². The SMILES string of the molecule is CCOc1c(O)ccc(C=O)c1OCC. The molecule has 1 N–H and O–H groups in total. The van der Waals surface area contributed by atoms with Crippen LogP contribution in [0.3, 0.4) is 0 Å². The summed E-state index contributed by atoms with van der Waals surface area (Å²) in [7, 11) is 0. The lowest BCUT2D eigenvalue weighted by molar-refractivity contribution is 0.111. The molecule has 0 saturated carbocycles. The van der Waals surface area contributed by atoms with E-state index in [9.17, 15) is 9.90 Å². The number of carbonyl (C=O) groups excluding carboxylic acids is 1. The van der Waals surface area contributed by atoms with E-state index in [0.29, 0.717) is 30.8 Å². The number of hydrogen-bond donors (Lipinski definition) is 1. The molecule has 0 aliphatic heterocycles. The highest BCUT2D eigenvalue weighted by Crippen LogP contribution is 2.38. The van der Waals surface area contributed by atoms with Crippen LogP contribution in [-0.4, -0.2) is 24.6 Å². The molecule has 0 bridgehead atoms. The summed E-state index contributed by atoms with van der Waals surface area (Å²) in [6, 6.07) is 2.91. The first kappa shape index (κ1) is 11.4. The fourth-order valence-electron chi connectivity index (χ4n) is 1.24. The second-order valence-electron chi connectivity index (χ2n) is 2.82. The number of aldehydes is 1. The van der Waals surface area contributed by atoms with Crippen molar-refractivity contribution < 1.29 is 19.4 Å². The molecule has 0 aromatic heterocycles. The molecule has 1 rings (SSSR count). The zero-order chi connectivity index (χ0) is 11.3. The molecule has 15 heavy (non-hydrogen) atoms. The Morgan fingerprint density at radius 1 is 1.20 bits per heavy atom. The van der Waals surface area contributed by atoms with Gasteiger partial charge in [-0.05, 0) is 26.0 Å². The number of phenolic OH excluding ortho intramolecular Hbond substituents is 1. The average Bonchev–Trinajstić information content (AvgIpc) is 2.24. The summed E-state index contributed by atoms with van der Waals surface area (Å²) in [5, 5.41) is 9.55. The van der Waals surface area contributed by atoms with E-state index in [1.165, 1.54) is 12.1 Å². The van der Waals surface area contributed by atoms with Gasteiger partial charge in [-0.2, -0.15) is 0 Å². The maximum absolute atomic E-state index is 10.8. The third-order valence-corrected chi connectivity index (χ3v) is 1.83.